The van der Waals surface area contributed by atoms with Crippen LogP contribution in [-0.4, -0.2) is 20.2 Å². The second-order valence-corrected chi connectivity index (χ2v) is 4.93. The highest BCUT2D eigenvalue weighted by Gasteiger charge is 2.22. The summed E-state index contributed by atoms with van der Waals surface area (Å²) in [6.07, 6.45) is 1.52. The molecule has 22 heavy (non-hydrogen) atoms. The summed E-state index contributed by atoms with van der Waals surface area (Å²) in [4.78, 5) is 0. The number of hydrogen-bond donors (Lipinski definition) is 0. The van der Waals surface area contributed by atoms with E-state index in [0.717, 1.165) is 16.5 Å². The van der Waals surface area contributed by atoms with Crippen LogP contribution in [0, 0.1) is 5.82 Å². The van der Waals surface area contributed by atoms with Gasteiger partial charge in [-0.2, -0.15) is 0 Å². The summed E-state index contributed by atoms with van der Waals surface area (Å²) in [5.41, 5.74) is 1.63. The molecule has 1 unspecified atom stereocenters. The summed E-state index contributed by atoms with van der Waals surface area (Å²) in [5.74, 6) is 0.406. The van der Waals surface area contributed by atoms with Gasteiger partial charge in [0.25, 0.3) is 0 Å². The minimum Gasteiger partial charge on any atom is -0.458 e. The molecule has 2 heterocycles. The predicted octanol–water partition coefficient (Wildman–Crippen LogP) is 3.20. The third-order valence-electron chi connectivity index (χ3n) is 3.53. The fraction of sp³-hybridized carbons (Fsp3) is 0.0625. The van der Waals surface area contributed by atoms with Crippen LogP contribution in [0.1, 0.15) is 17.4 Å². The standard InChI is InChI=1S/C16H11FN4O/c17-13-7-5-11(6-8-13)16(21-10-18-19-20-21)15-9-12-3-1-2-4-14(12)22-15/h1-10,16H. The summed E-state index contributed by atoms with van der Waals surface area (Å²) >= 11 is 0. The number of halogens is 1. The number of benzene rings is 2. The highest BCUT2D eigenvalue weighted by Crippen LogP contribution is 2.30. The van der Waals surface area contributed by atoms with Crippen molar-refractivity contribution in [3.05, 3.63) is 78.1 Å². The lowest BCUT2D eigenvalue weighted by Gasteiger charge is -2.14. The average molecular weight is 294 g/mol. The molecule has 5 nitrogen and oxygen atoms in total. The van der Waals surface area contributed by atoms with Gasteiger partial charge >= 0.3 is 0 Å². The van der Waals surface area contributed by atoms with Crippen molar-refractivity contribution >= 4 is 11.0 Å². The van der Waals surface area contributed by atoms with E-state index in [0.29, 0.717) is 5.76 Å². The van der Waals surface area contributed by atoms with Crippen LogP contribution in [0.25, 0.3) is 11.0 Å². The number of nitrogens with zero attached hydrogens (tertiary/aromatic N) is 4. The van der Waals surface area contributed by atoms with Crippen LogP contribution in [0.15, 0.2) is 65.3 Å². The van der Waals surface area contributed by atoms with Gasteiger partial charge < -0.3 is 4.42 Å². The summed E-state index contributed by atoms with van der Waals surface area (Å²) in [6, 6.07) is 15.6. The van der Waals surface area contributed by atoms with Crippen molar-refractivity contribution < 1.29 is 8.81 Å². The van der Waals surface area contributed by atoms with Gasteiger partial charge in [-0.05, 0) is 40.3 Å². The molecule has 2 aromatic carbocycles. The Morgan fingerprint density at radius 1 is 1.05 bits per heavy atom. The molecule has 4 rings (SSSR count). The van der Waals surface area contributed by atoms with E-state index in [1.165, 1.54) is 18.5 Å². The first-order valence-electron chi connectivity index (χ1n) is 6.78. The second-order valence-electron chi connectivity index (χ2n) is 4.93. The second kappa shape index (κ2) is 5.07. The molecule has 0 spiro atoms. The molecule has 6 heteroatoms. The maximum absolute atomic E-state index is 13.2. The normalized spacial score (nSPS) is 12.6. The first-order valence-corrected chi connectivity index (χ1v) is 6.78. The van der Waals surface area contributed by atoms with E-state index in [1.807, 2.05) is 30.3 Å². The number of tetrazole rings is 1. The van der Waals surface area contributed by atoms with E-state index in [4.69, 9.17) is 4.42 Å². The molecular formula is C16H11FN4O. The fourth-order valence-corrected chi connectivity index (χ4v) is 2.52. The first kappa shape index (κ1) is 12.7. The molecule has 4 aromatic rings. The van der Waals surface area contributed by atoms with Crippen molar-refractivity contribution in [3.8, 4) is 0 Å². The van der Waals surface area contributed by atoms with Crippen molar-refractivity contribution in [2.24, 2.45) is 0 Å². The molecule has 0 bridgehead atoms. The minimum atomic E-state index is -0.344. The fourth-order valence-electron chi connectivity index (χ4n) is 2.52. The number of para-hydroxylation sites is 1. The molecule has 1 atom stereocenters. The SMILES string of the molecule is Fc1ccc(C(c2cc3ccccc3o2)n2cnnn2)cc1. The third kappa shape index (κ3) is 2.14. The van der Waals surface area contributed by atoms with Crippen molar-refractivity contribution in [2.75, 3.05) is 0 Å². The average Bonchev–Trinajstić information content (AvgIpc) is 3.19. The van der Waals surface area contributed by atoms with E-state index in [1.54, 1.807) is 16.8 Å². The molecule has 108 valence electrons. The van der Waals surface area contributed by atoms with Crippen molar-refractivity contribution in [2.45, 2.75) is 6.04 Å². The smallest absolute Gasteiger partial charge is 0.139 e. The molecule has 0 aliphatic carbocycles. The minimum absolute atomic E-state index is 0.288. The first-order chi connectivity index (χ1) is 10.8. The van der Waals surface area contributed by atoms with E-state index in [-0.39, 0.29) is 11.9 Å². The molecule has 2 aromatic heterocycles. The van der Waals surface area contributed by atoms with Crippen molar-refractivity contribution in [1.29, 1.82) is 0 Å². The predicted molar refractivity (Wildman–Crippen MR) is 77.7 cm³/mol. The van der Waals surface area contributed by atoms with Crippen LogP contribution in [0.3, 0.4) is 0 Å². The molecule has 0 saturated heterocycles. The number of fused-ring (bicyclic) bond motifs is 1. The maximum Gasteiger partial charge on any atom is 0.139 e. The van der Waals surface area contributed by atoms with Gasteiger partial charge in [-0.25, -0.2) is 9.07 Å². The Kier molecular flexibility index (Phi) is 2.93. The van der Waals surface area contributed by atoms with Crippen LogP contribution in [0.2, 0.25) is 0 Å². The van der Waals surface area contributed by atoms with E-state index in [9.17, 15) is 4.39 Å². The largest absolute Gasteiger partial charge is 0.458 e. The number of furan rings is 1. The van der Waals surface area contributed by atoms with Crippen LogP contribution >= 0.6 is 0 Å². The van der Waals surface area contributed by atoms with Crippen LogP contribution < -0.4 is 0 Å². The molecule has 0 fully saturated rings. The van der Waals surface area contributed by atoms with E-state index in [2.05, 4.69) is 15.5 Å². The van der Waals surface area contributed by atoms with Crippen LogP contribution in [-0.2, 0) is 0 Å². The zero-order chi connectivity index (χ0) is 14.9. The molecule has 0 aliphatic rings. The Bertz CT molecular complexity index is 866. The Balaban J connectivity index is 1.88. The summed E-state index contributed by atoms with van der Waals surface area (Å²) in [7, 11) is 0. The van der Waals surface area contributed by atoms with Gasteiger partial charge in [-0.1, -0.05) is 30.3 Å². The maximum atomic E-state index is 13.2. The summed E-state index contributed by atoms with van der Waals surface area (Å²) < 4.78 is 20.7. The number of rotatable bonds is 3. The van der Waals surface area contributed by atoms with E-state index < -0.39 is 0 Å². The monoisotopic (exact) mass is 294 g/mol. The van der Waals surface area contributed by atoms with Gasteiger partial charge in [0.05, 0.1) is 0 Å². The summed E-state index contributed by atoms with van der Waals surface area (Å²) in [6.45, 7) is 0. The lowest BCUT2D eigenvalue weighted by Crippen LogP contribution is -2.12. The molecular weight excluding hydrogens is 283 g/mol. The van der Waals surface area contributed by atoms with Gasteiger partial charge in [0.2, 0.25) is 0 Å². The van der Waals surface area contributed by atoms with Gasteiger partial charge in [-0.15, -0.1) is 5.10 Å². The molecule has 0 saturated carbocycles. The summed E-state index contributed by atoms with van der Waals surface area (Å²) in [5, 5.41) is 12.3. The van der Waals surface area contributed by atoms with Crippen LogP contribution in [0.4, 0.5) is 4.39 Å². The van der Waals surface area contributed by atoms with E-state index >= 15 is 0 Å². The molecule has 0 radical (unpaired) electrons. The van der Waals surface area contributed by atoms with Crippen LogP contribution in [0.5, 0.6) is 0 Å². The lowest BCUT2D eigenvalue weighted by atomic mass is 10.0. The molecule has 0 amide bonds. The topological polar surface area (TPSA) is 56.7 Å². The highest BCUT2D eigenvalue weighted by molar-refractivity contribution is 5.78. The lowest BCUT2D eigenvalue weighted by molar-refractivity contribution is 0.455. The Labute approximate surface area is 125 Å². The van der Waals surface area contributed by atoms with Gasteiger partial charge in [0.1, 0.15) is 29.5 Å². The quantitative estimate of drug-likeness (QED) is 0.582. The zero-order valence-corrected chi connectivity index (χ0v) is 11.4. The molecule has 0 aliphatic heterocycles. The van der Waals surface area contributed by atoms with Gasteiger partial charge in [0, 0.05) is 5.39 Å². The third-order valence-corrected chi connectivity index (χ3v) is 3.53. The number of aromatic nitrogens is 4. The van der Waals surface area contributed by atoms with Gasteiger partial charge in [0.15, 0.2) is 0 Å². The zero-order valence-electron chi connectivity index (χ0n) is 11.4. The molecule has 0 N–H and O–H groups in total. The Morgan fingerprint density at radius 3 is 2.59 bits per heavy atom. The Hall–Kier alpha value is -3.02. The van der Waals surface area contributed by atoms with Crippen molar-refractivity contribution in [1.82, 2.24) is 20.2 Å². The Morgan fingerprint density at radius 2 is 1.86 bits per heavy atom. The number of hydrogen-bond acceptors (Lipinski definition) is 4. The highest BCUT2D eigenvalue weighted by atomic mass is 19.1. The van der Waals surface area contributed by atoms with Gasteiger partial charge in [-0.3, -0.25) is 0 Å². The van der Waals surface area contributed by atoms with Crippen molar-refractivity contribution in [3.63, 3.8) is 0 Å².